The van der Waals surface area contributed by atoms with E-state index in [0.717, 1.165) is 23.3 Å². The van der Waals surface area contributed by atoms with Gasteiger partial charge in [-0.3, -0.25) is 10.1 Å². The average Bonchev–Trinajstić information content (AvgIpc) is 3.20. The first kappa shape index (κ1) is 22.6. The maximum atomic E-state index is 12.8. The van der Waals surface area contributed by atoms with Crippen molar-refractivity contribution in [2.75, 3.05) is 7.05 Å². The molecule has 1 aromatic heterocycles. The smallest absolute Gasteiger partial charge is 0.361 e. The lowest BCUT2D eigenvalue weighted by Gasteiger charge is -2.24. The van der Waals surface area contributed by atoms with Crippen molar-refractivity contribution in [3.63, 3.8) is 0 Å². The molecule has 2 aromatic carbocycles. The van der Waals surface area contributed by atoms with Crippen molar-refractivity contribution in [2.24, 2.45) is 0 Å². The molecule has 0 bridgehead atoms. The standard InChI is InChI=1S/C23H24F3N3O2/c1-15-14-20(29-31-15)19(13-10-16-8-11-18(12-9-16)23(24,25)26)28-21(22(30)27-2)17-6-4-3-5-7-17/h3-9,11-12,14,19,21,28H,10,13H2,1-2H3,(H,27,30)/t19-,21+/m1/s1. The SMILES string of the molecule is CNC(=O)[C@@H](N[C@H](CCc1ccc(C(F)(F)F)cc1)c1cc(C)on1)c1ccccc1. The number of aromatic nitrogens is 1. The molecule has 0 aliphatic rings. The monoisotopic (exact) mass is 431 g/mol. The number of alkyl halides is 3. The number of halogens is 3. The average molecular weight is 431 g/mol. The summed E-state index contributed by atoms with van der Waals surface area (Å²) in [6.07, 6.45) is -3.36. The van der Waals surface area contributed by atoms with Gasteiger partial charge >= 0.3 is 6.18 Å². The zero-order valence-electron chi connectivity index (χ0n) is 17.2. The Kier molecular flexibility index (Phi) is 7.12. The molecule has 3 aromatic rings. The van der Waals surface area contributed by atoms with E-state index in [0.29, 0.717) is 24.3 Å². The van der Waals surface area contributed by atoms with Gasteiger partial charge in [-0.2, -0.15) is 13.2 Å². The van der Waals surface area contributed by atoms with Gasteiger partial charge in [-0.1, -0.05) is 47.6 Å². The Morgan fingerprint density at radius 2 is 1.77 bits per heavy atom. The highest BCUT2D eigenvalue weighted by atomic mass is 19.4. The third kappa shape index (κ3) is 5.95. The number of rotatable bonds is 8. The zero-order chi connectivity index (χ0) is 22.4. The molecule has 1 heterocycles. The highest BCUT2D eigenvalue weighted by Crippen LogP contribution is 2.30. The fourth-order valence-electron chi connectivity index (χ4n) is 3.35. The predicted octanol–water partition coefficient (Wildman–Crippen LogP) is 4.75. The van der Waals surface area contributed by atoms with Gasteiger partial charge < -0.3 is 9.84 Å². The normalized spacial score (nSPS) is 13.6. The molecule has 2 atom stereocenters. The Hall–Kier alpha value is -3.13. The number of nitrogens with one attached hydrogen (secondary N) is 2. The minimum absolute atomic E-state index is 0.203. The van der Waals surface area contributed by atoms with Crippen LogP contribution in [0.3, 0.4) is 0 Å². The van der Waals surface area contributed by atoms with Crippen molar-refractivity contribution in [3.8, 4) is 0 Å². The predicted molar refractivity (Wildman–Crippen MR) is 110 cm³/mol. The van der Waals surface area contributed by atoms with Gasteiger partial charge in [0.2, 0.25) is 5.91 Å². The van der Waals surface area contributed by atoms with Crippen LogP contribution in [-0.4, -0.2) is 18.1 Å². The fourth-order valence-corrected chi connectivity index (χ4v) is 3.35. The Labute approximate surface area is 178 Å². The van der Waals surface area contributed by atoms with Crippen LogP contribution in [0.25, 0.3) is 0 Å². The highest BCUT2D eigenvalue weighted by molar-refractivity contribution is 5.82. The van der Waals surface area contributed by atoms with E-state index in [-0.39, 0.29) is 11.9 Å². The number of aryl methyl sites for hydroxylation is 2. The molecule has 164 valence electrons. The van der Waals surface area contributed by atoms with E-state index in [1.165, 1.54) is 12.1 Å². The number of amides is 1. The van der Waals surface area contributed by atoms with Crippen LogP contribution in [0.2, 0.25) is 0 Å². The van der Waals surface area contributed by atoms with Crippen molar-refractivity contribution in [1.82, 2.24) is 15.8 Å². The number of nitrogens with zero attached hydrogens (tertiary/aromatic N) is 1. The number of carbonyl (C=O) groups is 1. The molecule has 2 N–H and O–H groups in total. The molecule has 0 saturated carbocycles. The summed E-state index contributed by atoms with van der Waals surface area (Å²) < 4.78 is 43.6. The van der Waals surface area contributed by atoms with Gasteiger partial charge in [0, 0.05) is 13.1 Å². The van der Waals surface area contributed by atoms with Crippen LogP contribution in [0, 0.1) is 6.92 Å². The second-order valence-corrected chi connectivity index (χ2v) is 7.27. The van der Waals surface area contributed by atoms with Crippen LogP contribution in [0.1, 0.15) is 46.6 Å². The van der Waals surface area contributed by atoms with E-state index in [1.54, 1.807) is 20.0 Å². The van der Waals surface area contributed by atoms with Crippen molar-refractivity contribution in [3.05, 3.63) is 88.8 Å². The number of carbonyl (C=O) groups excluding carboxylic acids is 1. The molecule has 0 unspecified atom stereocenters. The zero-order valence-corrected chi connectivity index (χ0v) is 17.2. The van der Waals surface area contributed by atoms with Gasteiger partial charge in [-0.25, -0.2) is 0 Å². The maximum Gasteiger partial charge on any atom is 0.416 e. The minimum atomic E-state index is -4.36. The number of likely N-dealkylation sites (N-methyl/N-ethyl adjacent to an activating group) is 1. The van der Waals surface area contributed by atoms with E-state index in [2.05, 4.69) is 15.8 Å². The quantitative estimate of drug-likeness (QED) is 0.540. The molecule has 8 heteroatoms. The fraction of sp³-hybridized carbons (Fsp3) is 0.304. The van der Waals surface area contributed by atoms with Gasteiger partial charge in [0.25, 0.3) is 0 Å². The van der Waals surface area contributed by atoms with E-state index < -0.39 is 17.8 Å². The molecule has 31 heavy (non-hydrogen) atoms. The molecule has 0 aliphatic heterocycles. The molecule has 0 spiro atoms. The molecule has 5 nitrogen and oxygen atoms in total. The Morgan fingerprint density at radius 3 is 2.32 bits per heavy atom. The van der Waals surface area contributed by atoms with Crippen LogP contribution in [0.15, 0.2) is 65.2 Å². The lowest BCUT2D eigenvalue weighted by Crippen LogP contribution is -2.38. The molecule has 0 radical (unpaired) electrons. The van der Waals surface area contributed by atoms with E-state index >= 15 is 0 Å². The summed E-state index contributed by atoms with van der Waals surface area (Å²) >= 11 is 0. The van der Waals surface area contributed by atoms with Crippen LogP contribution in [0.5, 0.6) is 0 Å². The maximum absolute atomic E-state index is 12.8. The van der Waals surface area contributed by atoms with Gasteiger partial charge in [0.15, 0.2) is 0 Å². The third-order valence-electron chi connectivity index (χ3n) is 5.02. The first-order valence-corrected chi connectivity index (χ1v) is 9.90. The number of benzene rings is 2. The second-order valence-electron chi connectivity index (χ2n) is 7.27. The van der Waals surface area contributed by atoms with Crippen molar-refractivity contribution >= 4 is 5.91 Å². The van der Waals surface area contributed by atoms with Gasteiger partial charge in [0.1, 0.15) is 17.5 Å². The number of hydrogen-bond acceptors (Lipinski definition) is 4. The Balaban J connectivity index is 1.80. The van der Waals surface area contributed by atoms with E-state index in [4.69, 9.17) is 4.52 Å². The van der Waals surface area contributed by atoms with E-state index in [1.807, 2.05) is 30.3 Å². The van der Waals surface area contributed by atoms with Crippen LogP contribution < -0.4 is 10.6 Å². The summed E-state index contributed by atoms with van der Waals surface area (Å²) in [5.74, 6) is 0.429. The summed E-state index contributed by atoms with van der Waals surface area (Å²) in [5, 5.41) is 10.1. The van der Waals surface area contributed by atoms with E-state index in [9.17, 15) is 18.0 Å². The highest BCUT2D eigenvalue weighted by Gasteiger charge is 2.30. The molecule has 0 fully saturated rings. The Bertz CT molecular complexity index is 985. The summed E-state index contributed by atoms with van der Waals surface area (Å²) in [4.78, 5) is 12.6. The topological polar surface area (TPSA) is 67.2 Å². The summed E-state index contributed by atoms with van der Waals surface area (Å²) in [6, 6.07) is 15.2. The molecule has 1 amide bonds. The first-order chi connectivity index (χ1) is 14.8. The lowest BCUT2D eigenvalue weighted by molar-refractivity contribution is -0.137. The van der Waals surface area contributed by atoms with Gasteiger partial charge in [-0.05, 0) is 43.0 Å². The van der Waals surface area contributed by atoms with Crippen molar-refractivity contribution in [2.45, 2.75) is 38.0 Å². The van der Waals surface area contributed by atoms with Crippen LogP contribution in [-0.2, 0) is 17.4 Å². The molecular weight excluding hydrogens is 407 g/mol. The summed E-state index contributed by atoms with van der Waals surface area (Å²) in [5.41, 5.74) is 1.51. The van der Waals surface area contributed by atoms with Crippen molar-refractivity contribution < 1.29 is 22.5 Å². The molecule has 3 rings (SSSR count). The van der Waals surface area contributed by atoms with Gasteiger partial charge in [-0.15, -0.1) is 0 Å². The molecule has 0 aliphatic carbocycles. The lowest BCUT2D eigenvalue weighted by atomic mass is 9.99. The largest absolute Gasteiger partial charge is 0.416 e. The summed E-state index contributed by atoms with van der Waals surface area (Å²) in [6.45, 7) is 1.77. The van der Waals surface area contributed by atoms with Crippen LogP contribution in [0.4, 0.5) is 13.2 Å². The Morgan fingerprint density at radius 1 is 1.10 bits per heavy atom. The van der Waals surface area contributed by atoms with Gasteiger partial charge in [0.05, 0.1) is 11.6 Å². The van der Waals surface area contributed by atoms with Crippen LogP contribution >= 0.6 is 0 Å². The molecule has 0 saturated heterocycles. The number of hydrogen-bond donors (Lipinski definition) is 2. The second kappa shape index (κ2) is 9.78. The summed E-state index contributed by atoms with van der Waals surface area (Å²) in [7, 11) is 1.57. The van der Waals surface area contributed by atoms with Crippen molar-refractivity contribution in [1.29, 1.82) is 0 Å². The first-order valence-electron chi connectivity index (χ1n) is 9.90. The minimum Gasteiger partial charge on any atom is -0.361 e. The third-order valence-corrected chi connectivity index (χ3v) is 5.02. The molecular formula is C23H24F3N3O2.